The summed E-state index contributed by atoms with van der Waals surface area (Å²) in [5, 5.41) is 3.59. The molecule has 0 atom stereocenters. The van der Waals surface area contributed by atoms with Crippen molar-refractivity contribution in [2.24, 2.45) is 0 Å². The number of aromatic nitrogens is 4. The van der Waals surface area contributed by atoms with Gasteiger partial charge in [-0.2, -0.15) is 0 Å². The second kappa shape index (κ2) is 12.8. The Labute approximate surface area is 307 Å². The summed E-state index contributed by atoms with van der Waals surface area (Å²) in [6.45, 7) is 0. The van der Waals surface area contributed by atoms with Crippen molar-refractivity contribution in [3.05, 3.63) is 201 Å². The van der Waals surface area contributed by atoms with Gasteiger partial charge < -0.3 is 14.0 Å². The van der Waals surface area contributed by atoms with Crippen LogP contribution in [0.5, 0.6) is 0 Å². The molecule has 10 aromatic rings. The molecular formula is C48H33N5. The number of anilines is 3. The van der Waals surface area contributed by atoms with E-state index in [-0.39, 0.29) is 0 Å². The molecular weight excluding hydrogens is 647 g/mol. The molecule has 4 aromatic heterocycles. The first-order valence-electron chi connectivity index (χ1n) is 17.8. The number of fused-ring (bicyclic) bond motifs is 4. The molecule has 0 radical (unpaired) electrons. The average molecular weight is 680 g/mol. The standard InChI is InChI=1S/C48H33N5/c1-3-9-39(10-4-1)51-29-25-37-30-48-45(32-47(37)51)44-31-43(21-22-46(44)53(48)40-11-5-2-6-12-40)52(41-17-13-34(14-18-41)36-23-27-49-28-24-36)42-19-15-35(16-20-42)38-8-7-26-50-33-38/h1-33H. The van der Waals surface area contributed by atoms with Gasteiger partial charge in [-0.3, -0.25) is 9.97 Å². The van der Waals surface area contributed by atoms with Gasteiger partial charge in [-0.05, 0) is 125 Å². The second-order valence-electron chi connectivity index (χ2n) is 13.2. The highest BCUT2D eigenvalue weighted by molar-refractivity contribution is 6.14. The highest BCUT2D eigenvalue weighted by atomic mass is 15.1. The first-order valence-corrected chi connectivity index (χ1v) is 17.8. The molecule has 4 heterocycles. The van der Waals surface area contributed by atoms with Crippen LogP contribution in [0.3, 0.4) is 0 Å². The van der Waals surface area contributed by atoms with Gasteiger partial charge in [0, 0.05) is 75.6 Å². The number of benzene rings is 6. The Balaban J connectivity index is 1.18. The quantitative estimate of drug-likeness (QED) is 0.168. The molecule has 0 amide bonds. The Morgan fingerprint density at radius 3 is 1.70 bits per heavy atom. The van der Waals surface area contributed by atoms with E-state index in [1.807, 2.05) is 43.0 Å². The molecule has 0 fully saturated rings. The Morgan fingerprint density at radius 2 is 1.02 bits per heavy atom. The van der Waals surface area contributed by atoms with Crippen molar-refractivity contribution in [1.82, 2.24) is 19.1 Å². The number of hydrogen-bond acceptors (Lipinski definition) is 3. The molecule has 250 valence electrons. The zero-order valence-corrected chi connectivity index (χ0v) is 28.8. The predicted octanol–water partition coefficient (Wildman–Crippen LogP) is 12.3. The molecule has 0 aliphatic carbocycles. The van der Waals surface area contributed by atoms with Crippen molar-refractivity contribution in [3.8, 4) is 33.6 Å². The van der Waals surface area contributed by atoms with Gasteiger partial charge in [0.05, 0.1) is 16.6 Å². The number of rotatable bonds is 7. The number of para-hydroxylation sites is 2. The van der Waals surface area contributed by atoms with Crippen molar-refractivity contribution in [2.45, 2.75) is 0 Å². The fraction of sp³-hybridized carbons (Fsp3) is 0. The van der Waals surface area contributed by atoms with Gasteiger partial charge in [-0.1, -0.05) is 66.7 Å². The van der Waals surface area contributed by atoms with Crippen LogP contribution in [0.4, 0.5) is 17.1 Å². The lowest BCUT2D eigenvalue weighted by Crippen LogP contribution is -2.10. The van der Waals surface area contributed by atoms with Crippen LogP contribution in [-0.2, 0) is 0 Å². The van der Waals surface area contributed by atoms with Crippen LogP contribution in [0.2, 0.25) is 0 Å². The third-order valence-corrected chi connectivity index (χ3v) is 10.1. The third kappa shape index (κ3) is 5.43. The molecule has 0 N–H and O–H groups in total. The van der Waals surface area contributed by atoms with E-state index in [0.717, 1.165) is 56.2 Å². The first-order chi connectivity index (χ1) is 26.3. The van der Waals surface area contributed by atoms with Crippen LogP contribution < -0.4 is 4.90 Å². The van der Waals surface area contributed by atoms with Crippen molar-refractivity contribution < 1.29 is 0 Å². The molecule has 0 aliphatic heterocycles. The number of pyridine rings is 2. The van der Waals surface area contributed by atoms with E-state index in [1.165, 1.54) is 27.2 Å². The fourth-order valence-corrected chi connectivity index (χ4v) is 7.57. The van der Waals surface area contributed by atoms with Gasteiger partial charge in [-0.25, -0.2) is 0 Å². The Bertz CT molecular complexity index is 2760. The van der Waals surface area contributed by atoms with E-state index in [9.17, 15) is 0 Å². The summed E-state index contributed by atoms with van der Waals surface area (Å²) in [6.07, 6.45) is 9.57. The lowest BCUT2D eigenvalue weighted by atomic mass is 10.0. The first kappa shape index (κ1) is 30.6. The van der Waals surface area contributed by atoms with Gasteiger partial charge in [0.1, 0.15) is 0 Å². The van der Waals surface area contributed by atoms with Gasteiger partial charge >= 0.3 is 0 Å². The third-order valence-electron chi connectivity index (χ3n) is 10.1. The van der Waals surface area contributed by atoms with Gasteiger partial charge in [0.25, 0.3) is 0 Å². The van der Waals surface area contributed by atoms with Crippen LogP contribution in [-0.4, -0.2) is 19.1 Å². The minimum absolute atomic E-state index is 1.07. The van der Waals surface area contributed by atoms with Crippen molar-refractivity contribution in [1.29, 1.82) is 0 Å². The monoisotopic (exact) mass is 679 g/mol. The summed E-state index contributed by atoms with van der Waals surface area (Å²) >= 11 is 0. The predicted molar refractivity (Wildman–Crippen MR) is 219 cm³/mol. The Kier molecular flexibility index (Phi) is 7.40. The maximum absolute atomic E-state index is 4.34. The van der Waals surface area contributed by atoms with Crippen LogP contribution in [0, 0.1) is 0 Å². The number of hydrogen-bond donors (Lipinski definition) is 0. The van der Waals surface area contributed by atoms with E-state index >= 15 is 0 Å². The lowest BCUT2D eigenvalue weighted by molar-refractivity contribution is 1.13. The molecule has 5 heteroatoms. The molecule has 0 unspecified atom stereocenters. The van der Waals surface area contributed by atoms with E-state index in [4.69, 9.17) is 0 Å². The van der Waals surface area contributed by atoms with E-state index in [1.54, 1.807) is 0 Å². The zero-order chi connectivity index (χ0) is 35.1. The van der Waals surface area contributed by atoms with Gasteiger partial charge in [0.2, 0.25) is 0 Å². The summed E-state index contributed by atoms with van der Waals surface area (Å²) in [4.78, 5) is 10.9. The summed E-state index contributed by atoms with van der Waals surface area (Å²) < 4.78 is 4.68. The van der Waals surface area contributed by atoms with Crippen LogP contribution >= 0.6 is 0 Å². The Hall–Kier alpha value is -7.24. The molecule has 0 saturated carbocycles. The lowest BCUT2D eigenvalue weighted by Gasteiger charge is -2.26. The van der Waals surface area contributed by atoms with Crippen LogP contribution in [0.1, 0.15) is 0 Å². The topological polar surface area (TPSA) is 38.9 Å². The van der Waals surface area contributed by atoms with Crippen LogP contribution in [0.25, 0.3) is 66.3 Å². The molecule has 0 aliphatic rings. The molecule has 6 aromatic carbocycles. The normalized spacial score (nSPS) is 11.4. The van der Waals surface area contributed by atoms with E-state index in [2.05, 4.69) is 182 Å². The molecule has 0 bridgehead atoms. The largest absolute Gasteiger partial charge is 0.317 e. The maximum atomic E-state index is 4.34. The van der Waals surface area contributed by atoms with E-state index < -0.39 is 0 Å². The van der Waals surface area contributed by atoms with Crippen molar-refractivity contribution in [2.75, 3.05) is 4.90 Å². The molecule has 10 rings (SSSR count). The highest BCUT2D eigenvalue weighted by Crippen LogP contribution is 2.42. The fourth-order valence-electron chi connectivity index (χ4n) is 7.57. The molecule has 5 nitrogen and oxygen atoms in total. The minimum Gasteiger partial charge on any atom is -0.317 e. The second-order valence-corrected chi connectivity index (χ2v) is 13.2. The molecule has 0 spiro atoms. The summed E-state index contributed by atoms with van der Waals surface area (Å²) in [5.74, 6) is 0. The summed E-state index contributed by atoms with van der Waals surface area (Å²) in [7, 11) is 0. The van der Waals surface area contributed by atoms with Crippen molar-refractivity contribution in [3.63, 3.8) is 0 Å². The van der Waals surface area contributed by atoms with Gasteiger partial charge in [0.15, 0.2) is 0 Å². The maximum Gasteiger partial charge on any atom is 0.0548 e. The smallest absolute Gasteiger partial charge is 0.0548 e. The SMILES string of the molecule is c1ccc(-n2ccc3cc4c(cc32)c2cc(N(c3ccc(-c5ccncc5)cc3)c3ccc(-c5cccnc5)cc3)ccc2n4-c2ccccc2)cc1. The minimum atomic E-state index is 1.07. The zero-order valence-electron chi connectivity index (χ0n) is 28.8. The highest BCUT2D eigenvalue weighted by Gasteiger charge is 2.19. The molecule has 53 heavy (non-hydrogen) atoms. The van der Waals surface area contributed by atoms with E-state index in [0.29, 0.717) is 0 Å². The number of nitrogens with zero attached hydrogens (tertiary/aromatic N) is 5. The average Bonchev–Trinajstić information content (AvgIpc) is 3.80. The van der Waals surface area contributed by atoms with Gasteiger partial charge in [-0.15, -0.1) is 0 Å². The summed E-state index contributed by atoms with van der Waals surface area (Å²) in [6, 6.07) is 60.7. The summed E-state index contributed by atoms with van der Waals surface area (Å²) in [5.41, 5.74) is 13.5. The van der Waals surface area contributed by atoms with Crippen LogP contribution in [0.15, 0.2) is 201 Å². The van der Waals surface area contributed by atoms with Crippen molar-refractivity contribution >= 4 is 49.8 Å². The molecule has 0 saturated heterocycles. The Morgan fingerprint density at radius 1 is 0.396 bits per heavy atom.